The summed E-state index contributed by atoms with van der Waals surface area (Å²) < 4.78 is 35.8. The van der Waals surface area contributed by atoms with E-state index in [-0.39, 0.29) is 23.7 Å². The molecule has 1 N–H and O–H groups in total. The number of hydrogen-bond donors (Lipinski definition) is 1. The van der Waals surface area contributed by atoms with Gasteiger partial charge in [-0.2, -0.15) is 4.36 Å². The van der Waals surface area contributed by atoms with Crippen molar-refractivity contribution < 1.29 is 27.7 Å². The summed E-state index contributed by atoms with van der Waals surface area (Å²) in [7, 11) is -1.18. The lowest BCUT2D eigenvalue weighted by Crippen LogP contribution is -2.35. The second-order valence-corrected chi connectivity index (χ2v) is 8.96. The molecule has 2 aliphatic heterocycles. The molecule has 1 aromatic rings. The molecule has 3 rings (SSSR count). The molecule has 1 fully saturated rings. The van der Waals surface area contributed by atoms with Gasteiger partial charge in [-0.25, -0.2) is 13.4 Å². The number of nitrogens with zero attached hydrogens (tertiary/aromatic N) is 2. The van der Waals surface area contributed by atoms with Crippen molar-refractivity contribution in [2.45, 2.75) is 19.4 Å². The summed E-state index contributed by atoms with van der Waals surface area (Å²) >= 11 is 0. The van der Waals surface area contributed by atoms with E-state index in [1.165, 1.54) is 31.0 Å². The molecule has 0 spiro atoms. The fraction of sp³-hybridized carbons (Fsp3) is 0.389. The van der Waals surface area contributed by atoms with E-state index >= 15 is 0 Å². The van der Waals surface area contributed by atoms with Crippen LogP contribution in [0.15, 0.2) is 28.6 Å². The molecule has 1 saturated heterocycles. The first-order chi connectivity index (χ1) is 13.2. The first-order valence-electron chi connectivity index (χ1n) is 8.64. The number of carbonyl (C=O) groups excluding carboxylic acids is 3. The summed E-state index contributed by atoms with van der Waals surface area (Å²) in [5.74, 6) is -1.18. The number of ether oxygens (including phenoxy) is 1. The molecule has 0 aliphatic carbocycles. The van der Waals surface area contributed by atoms with Gasteiger partial charge in [0.2, 0.25) is 0 Å². The molecule has 3 amide bonds. The molecule has 1 aromatic carbocycles. The first-order valence-corrected chi connectivity index (χ1v) is 10.5. The predicted octanol–water partition coefficient (Wildman–Crippen LogP) is 1.70. The van der Waals surface area contributed by atoms with E-state index < -0.39 is 39.6 Å². The number of halogens is 1. The smallest absolute Gasteiger partial charge is 0.415 e. The molecule has 2 atom stereocenters. The van der Waals surface area contributed by atoms with Crippen molar-refractivity contribution >= 4 is 38.9 Å². The molecule has 150 valence electrons. The maximum Gasteiger partial charge on any atom is 0.415 e. The van der Waals surface area contributed by atoms with Crippen LogP contribution in [0, 0.1) is 5.82 Å². The van der Waals surface area contributed by atoms with E-state index in [0.29, 0.717) is 17.6 Å². The summed E-state index contributed by atoms with van der Waals surface area (Å²) in [5.41, 5.74) is 1.29. The lowest BCUT2D eigenvalue weighted by atomic mass is 10.0. The van der Waals surface area contributed by atoms with Crippen molar-refractivity contribution in [3.63, 3.8) is 0 Å². The van der Waals surface area contributed by atoms with Crippen LogP contribution < -0.4 is 10.2 Å². The van der Waals surface area contributed by atoms with Crippen LogP contribution in [-0.4, -0.2) is 53.3 Å². The third kappa shape index (κ3) is 4.06. The van der Waals surface area contributed by atoms with Gasteiger partial charge in [-0.1, -0.05) is 6.08 Å². The number of amides is 3. The molecular weight excluding hydrogens is 389 g/mol. The average molecular weight is 409 g/mol. The number of cyclic esters (lactones) is 1. The van der Waals surface area contributed by atoms with Gasteiger partial charge < -0.3 is 10.1 Å². The minimum Gasteiger partial charge on any atom is -0.434 e. The Morgan fingerprint density at radius 3 is 2.71 bits per heavy atom. The SMILES string of the molecule is CNC(=O)[C@H]1CN(c2ccc(C3=CCS(=O)(=NC(C)=O)CC3)c(F)c2)C(=O)O1. The van der Waals surface area contributed by atoms with Gasteiger partial charge in [-0.15, -0.1) is 0 Å². The normalized spacial score (nSPS) is 24.4. The van der Waals surface area contributed by atoms with E-state index in [0.717, 1.165) is 0 Å². The van der Waals surface area contributed by atoms with E-state index in [1.807, 2.05) is 0 Å². The lowest BCUT2D eigenvalue weighted by Gasteiger charge is -2.19. The van der Waals surface area contributed by atoms with E-state index in [1.54, 1.807) is 12.1 Å². The number of allylic oxidation sites excluding steroid dienone is 1. The van der Waals surface area contributed by atoms with Crippen LogP contribution in [0.3, 0.4) is 0 Å². The summed E-state index contributed by atoms with van der Waals surface area (Å²) in [6.45, 7) is 1.25. The molecule has 2 heterocycles. The molecule has 0 aromatic heterocycles. The molecule has 0 radical (unpaired) electrons. The zero-order valence-corrected chi connectivity index (χ0v) is 16.3. The zero-order valence-electron chi connectivity index (χ0n) is 15.4. The summed E-state index contributed by atoms with van der Waals surface area (Å²) in [4.78, 5) is 35.9. The summed E-state index contributed by atoms with van der Waals surface area (Å²) in [6.07, 6.45) is 0.307. The Morgan fingerprint density at radius 2 is 2.14 bits per heavy atom. The van der Waals surface area contributed by atoms with Crippen molar-refractivity contribution in [3.05, 3.63) is 35.7 Å². The number of carbonyl (C=O) groups is 3. The van der Waals surface area contributed by atoms with Crippen LogP contribution in [0.25, 0.3) is 5.57 Å². The van der Waals surface area contributed by atoms with E-state index in [4.69, 9.17) is 4.74 Å². The Kier molecular flexibility index (Phi) is 5.50. The number of nitrogens with one attached hydrogen (secondary N) is 1. The number of anilines is 1. The Hall–Kier alpha value is -2.75. The first kappa shape index (κ1) is 20.0. The van der Waals surface area contributed by atoms with E-state index in [2.05, 4.69) is 9.68 Å². The lowest BCUT2D eigenvalue weighted by molar-refractivity contribution is -0.127. The van der Waals surface area contributed by atoms with Gasteiger partial charge in [0.1, 0.15) is 5.82 Å². The van der Waals surface area contributed by atoms with Gasteiger partial charge in [0.05, 0.1) is 27.7 Å². The maximum absolute atomic E-state index is 14.7. The van der Waals surface area contributed by atoms with Crippen LogP contribution in [-0.2, 0) is 24.1 Å². The molecule has 0 saturated carbocycles. The molecule has 0 bridgehead atoms. The summed E-state index contributed by atoms with van der Waals surface area (Å²) in [6, 6.07) is 4.31. The Bertz CT molecular complexity index is 997. The van der Waals surface area contributed by atoms with Gasteiger partial charge in [0.25, 0.3) is 11.8 Å². The summed E-state index contributed by atoms with van der Waals surface area (Å²) in [5, 5.41) is 2.40. The standard InChI is InChI=1S/C18H20FN3O5S/c1-11(23)21-28(26)7-5-12(6-8-28)14-4-3-13(9-15(14)19)22-10-16(17(24)20-2)27-18(22)25/h3-5,9,16H,6-8,10H2,1-2H3,(H,20,24)/t16-,28?/m1/s1. The highest BCUT2D eigenvalue weighted by Crippen LogP contribution is 2.30. The monoisotopic (exact) mass is 409 g/mol. The molecule has 1 unspecified atom stereocenters. The molecule has 28 heavy (non-hydrogen) atoms. The number of hydrogen-bond acceptors (Lipinski definition) is 5. The largest absolute Gasteiger partial charge is 0.434 e. The van der Waals surface area contributed by atoms with Crippen LogP contribution >= 0.6 is 0 Å². The second-order valence-electron chi connectivity index (χ2n) is 6.49. The zero-order chi connectivity index (χ0) is 20.5. The average Bonchev–Trinajstić information content (AvgIpc) is 3.03. The Morgan fingerprint density at radius 1 is 1.39 bits per heavy atom. The van der Waals surface area contributed by atoms with Crippen molar-refractivity contribution in [1.29, 1.82) is 0 Å². The highest BCUT2D eigenvalue weighted by Gasteiger charge is 2.36. The van der Waals surface area contributed by atoms with Crippen LogP contribution in [0.2, 0.25) is 0 Å². The molecule has 10 heteroatoms. The van der Waals surface area contributed by atoms with Crippen molar-refractivity contribution in [2.24, 2.45) is 4.36 Å². The number of benzene rings is 1. The number of likely N-dealkylation sites (N-methyl/N-ethyl adjacent to an activating group) is 1. The quantitative estimate of drug-likeness (QED) is 0.818. The van der Waals surface area contributed by atoms with Crippen molar-refractivity contribution in [3.8, 4) is 0 Å². The fourth-order valence-electron chi connectivity index (χ4n) is 3.15. The molecule has 8 nitrogen and oxygen atoms in total. The fourth-order valence-corrected chi connectivity index (χ4v) is 4.95. The van der Waals surface area contributed by atoms with Crippen molar-refractivity contribution in [2.75, 3.05) is 30.0 Å². The van der Waals surface area contributed by atoms with Gasteiger partial charge in [-0.3, -0.25) is 14.5 Å². The third-order valence-electron chi connectivity index (χ3n) is 4.54. The van der Waals surface area contributed by atoms with E-state index in [9.17, 15) is 23.0 Å². The van der Waals surface area contributed by atoms with Crippen molar-refractivity contribution in [1.82, 2.24) is 5.32 Å². The molecular formula is C18H20FN3O5S. The minimum atomic E-state index is -2.62. The molecule has 2 aliphatic rings. The number of rotatable bonds is 3. The highest BCUT2D eigenvalue weighted by atomic mass is 32.2. The van der Waals surface area contributed by atoms with Gasteiger partial charge in [0, 0.05) is 25.3 Å². The maximum atomic E-state index is 14.7. The minimum absolute atomic E-state index is 0.00536. The van der Waals surface area contributed by atoms with Gasteiger partial charge >= 0.3 is 6.09 Å². The highest BCUT2D eigenvalue weighted by molar-refractivity contribution is 7.94. The Labute approximate surface area is 161 Å². The van der Waals surface area contributed by atoms with Gasteiger partial charge in [-0.05, 0) is 30.2 Å². The van der Waals surface area contributed by atoms with Crippen LogP contribution in [0.1, 0.15) is 18.9 Å². The topological polar surface area (TPSA) is 105 Å². The van der Waals surface area contributed by atoms with Crippen LogP contribution in [0.5, 0.6) is 0 Å². The third-order valence-corrected chi connectivity index (χ3v) is 6.66. The van der Waals surface area contributed by atoms with Crippen LogP contribution in [0.4, 0.5) is 14.9 Å². The second kappa shape index (κ2) is 7.70. The predicted molar refractivity (Wildman–Crippen MR) is 102 cm³/mol. The van der Waals surface area contributed by atoms with Gasteiger partial charge in [0.15, 0.2) is 6.10 Å². The Balaban J connectivity index is 1.81.